The van der Waals surface area contributed by atoms with E-state index in [9.17, 15) is 4.79 Å². The number of rotatable bonds is 3. The van der Waals surface area contributed by atoms with Gasteiger partial charge in [0.2, 0.25) is 12.7 Å². The molecule has 6 nitrogen and oxygen atoms in total. The van der Waals surface area contributed by atoms with E-state index >= 15 is 0 Å². The van der Waals surface area contributed by atoms with Gasteiger partial charge in [0.1, 0.15) is 17.8 Å². The number of halogens is 1. The molecule has 2 aromatic carbocycles. The maximum atomic E-state index is 14.1. The molecule has 2 aromatic rings. The largest absolute Gasteiger partial charge is 0.491 e. The first-order chi connectivity index (χ1) is 15.1. The Hall–Kier alpha value is -2.44. The number of amides is 1. The zero-order valence-electron chi connectivity index (χ0n) is 18.5. The Kier molecular flexibility index (Phi) is 5.25. The van der Waals surface area contributed by atoms with Gasteiger partial charge in [0.25, 0.3) is 0 Å². The van der Waals surface area contributed by atoms with Crippen LogP contribution < -0.4 is 19.1 Å². The fourth-order valence-electron chi connectivity index (χ4n) is 5.66. The summed E-state index contributed by atoms with van der Waals surface area (Å²) >= 11 is 0. The van der Waals surface area contributed by atoms with Crippen LogP contribution in [0.1, 0.15) is 37.8 Å². The van der Waals surface area contributed by atoms with E-state index in [0.717, 1.165) is 55.0 Å². The van der Waals surface area contributed by atoms with Crippen LogP contribution in [0.2, 0.25) is 0 Å². The molecule has 6 rings (SSSR count). The number of ether oxygens (including phenoxy) is 3. The molecule has 0 bridgehead atoms. The van der Waals surface area contributed by atoms with E-state index in [0.29, 0.717) is 30.1 Å². The van der Waals surface area contributed by atoms with Crippen LogP contribution in [-0.4, -0.2) is 49.9 Å². The Balaban J connectivity index is 0.00000216. The minimum atomic E-state index is -0.800. The fraction of sp³-hybridized carbons (Fsp3) is 0.480. The van der Waals surface area contributed by atoms with Gasteiger partial charge >= 0.3 is 0 Å². The normalized spacial score (nSPS) is 24.0. The number of piperidine rings is 1. The van der Waals surface area contributed by atoms with E-state index in [2.05, 4.69) is 30.9 Å². The summed E-state index contributed by atoms with van der Waals surface area (Å²) in [6.07, 6.45) is 2.26. The highest BCUT2D eigenvalue weighted by atomic mass is 35.5. The third kappa shape index (κ3) is 3.00. The summed E-state index contributed by atoms with van der Waals surface area (Å²) in [6.45, 7) is 8.02. The molecule has 7 heteroatoms. The fourth-order valence-corrected chi connectivity index (χ4v) is 5.66. The quantitative estimate of drug-likeness (QED) is 0.699. The summed E-state index contributed by atoms with van der Waals surface area (Å²) in [7, 11) is 0. The third-order valence-electron chi connectivity index (χ3n) is 7.46. The molecule has 1 spiro atoms. The van der Waals surface area contributed by atoms with Crippen LogP contribution >= 0.6 is 12.4 Å². The lowest BCUT2D eigenvalue weighted by Gasteiger charge is -2.36. The topological polar surface area (TPSA) is 51.2 Å². The molecule has 1 atom stereocenters. The van der Waals surface area contributed by atoms with Crippen LogP contribution in [0.15, 0.2) is 36.4 Å². The monoisotopic (exact) mass is 456 g/mol. The third-order valence-corrected chi connectivity index (χ3v) is 7.46. The number of anilines is 1. The molecule has 4 aliphatic rings. The minimum Gasteiger partial charge on any atom is -0.491 e. The molecule has 0 saturated carbocycles. The van der Waals surface area contributed by atoms with Gasteiger partial charge in [-0.1, -0.05) is 18.2 Å². The number of hydrogen-bond acceptors (Lipinski definition) is 5. The van der Waals surface area contributed by atoms with Crippen molar-refractivity contribution in [3.63, 3.8) is 0 Å². The number of likely N-dealkylation sites (tertiary alicyclic amines) is 1. The molecular weight excluding hydrogens is 428 g/mol. The van der Waals surface area contributed by atoms with Gasteiger partial charge < -0.3 is 24.0 Å². The summed E-state index contributed by atoms with van der Waals surface area (Å²) in [5.41, 5.74) is 2.16. The molecular formula is C25H29ClN2O4. The second kappa shape index (κ2) is 7.85. The molecule has 4 heterocycles. The van der Waals surface area contributed by atoms with Gasteiger partial charge in [-0.2, -0.15) is 0 Å². The van der Waals surface area contributed by atoms with Gasteiger partial charge in [0.15, 0.2) is 11.5 Å². The first kappa shape index (κ1) is 21.4. The molecule has 32 heavy (non-hydrogen) atoms. The highest BCUT2D eigenvalue weighted by molar-refractivity contribution is 6.11. The summed E-state index contributed by atoms with van der Waals surface area (Å²) in [5.74, 6) is 2.73. The SMILES string of the molecule is CC(C)N1CCC(CN2C(=O)C3(COc4cc5c(cc43)OCO5)c3ccccc32)CC1.Cl. The number of hydrogen-bond donors (Lipinski definition) is 0. The van der Waals surface area contributed by atoms with Crippen molar-refractivity contribution in [2.75, 3.05) is 37.9 Å². The van der Waals surface area contributed by atoms with Crippen LogP contribution in [0.4, 0.5) is 5.69 Å². The Morgan fingerprint density at radius 1 is 1.00 bits per heavy atom. The van der Waals surface area contributed by atoms with E-state index in [-0.39, 0.29) is 25.1 Å². The second-order valence-electron chi connectivity index (χ2n) is 9.40. The number of carbonyl (C=O) groups is 1. The van der Waals surface area contributed by atoms with Gasteiger partial charge in [0, 0.05) is 29.9 Å². The van der Waals surface area contributed by atoms with Gasteiger partial charge in [-0.15, -0.1) is 12.4 Å². The van der Waals surface area contributed by atoms with Crippen LogP contribution in [-0.2, 0) is 10.2 Å². The first-order valence-electron chi connectivity index (χ1n) is 11.3. The van der Waals surface area contributed by atoms with E-state index < -0.39 is 5.41 Å². The van der Waals surface area contributed by atoms with Crippen LogP contribution in [0.3, 0.4) is 0 Å². The lowest BCUT2D eigenvalue weighted by atomic mass is 9.77. The van der Waals surface area contributed by atoms with Crippen molar-refractivity contribution in [2.24, 2.45) is 5.92 Å². The van der Waals surface area contributed by atoms with E-state index in [4.69, 9.17) is 14.2 Å². The van der Waals surface area contributed by atoms with Crippen molar-refractivity contribution in [3.05, 3.63) is 47.5 Å². The molecule has 170 valence electrons. The van der Waals surface area contributed by atoms with Crippen molar-refractivity contribution < 1.29 is 19.0 Å². The van der Waals surface area contributed by atoms with Crippen molar-refractivity contribution in [1.82, 2.24) is 4.90 Å². The second-order valence-corrected chi connectivity index (χ2v) is 9.40. The van der Waals surface area contributed by atoms with Crippen LogP contribution in [0, 0.1) is 5.92 Å². The van der Waals surface area contributed by atoms with Crippen molar-refractivity contribution in [2.45, 2.75) is 38.1 Å². The van der Waals surface area contributed by atoms with Gasteiger partial charge in [0.05, 0.1) is 0 Å². The smallest absolute Gasteiger partial charge is 0.245 e. The first-order valence-corrected chi connectivity index (χ1v) is 11.3. The summed E-state index contributed by atoms with van der Waals surface area (Å²) in [4.78, 5) is 18.6. The Morgan fingerprint density at radius 2 is 1.72 bits per heavy atom. The van der Waals surface area contributed by atoms with E-state index in [1.54, 1.807) is 0 Å². The molecule has 1 unspecified atom stereocenters. The lowest BCUT2D eigenvalue weighted by Crippen LogP contribution is -2.46. The summed E-state index contributed by atoms with van der Waals surface area (Å²) < 4.78 is 17.2. The maximum absolute atomic E-state index is 14.1. The number of nitrogens with zero attached hydrogens (tertiary/aromatic N) is 2. The summed E-state index contributed by atoms with van der Waals surface area (Å²) in [5, 5.41) is 0. The molecule has 4 aliphatic heterocycles. The number of para-hydroxylation sites is 1. The number of benzene rings is 2. The molecule has 0 N–H and O–H groups in total. The Bertz CT molecular complexity index is 1050. The van der Waals surface area contributed by atoms with E-state index in [1.807, 2.05) is 29.2 Å². The van der Waals surface area contributed by atoms with Crippen LogP contribution in [0.5, 0.6) is 17.2 Å². The molecule has 1 saturated heterocycles. The highest BCUT2D eigenvalue weighted by Gasteiger charge is 2.57. The molecule has 0 aromatic heterocycles. The Morgan fingerprint density at radius 3 is 2.47 bits per heavy atom. The standard InChI is InChI=1S/C25H28N2O4.ClH/c1-16(2)26-9-7-17(8-10-26)13-27-20-6-4-3-5-18(20)25(24(27)28)14-29-21-12-23-22(11-19(21)25)30-15-31-23;/h3-6,11-12,16-17H,7-10,13-15H2,1-2H3;1H. The number of carbonyl (C=O) groups excluding carboxylic acids is 1. The predicted octanol–water partition coefficient (Wildman–Crippen LogP) is 3.98. The lowest BCUT2D eigenvalue weighted by molar-refractivity contribution is -0.122. The zero-order chi connectivity index (χ0) is 21.2. The number of fused-ring (bicyclic) bond motifs is 5. The van der Waals surface area contributed by atoms with Crippen LogP contribution in [0.25, 0.3) is 0 Å². The molecule has 0 aliphatic carbocycles. The zero-order valence-corrected chi connectivity index (χ0v) is 19.3. The van der Waals surface area contributed by atoms with E-state index in [1.165, 1.54) is 0 Å². The highest BCUT2D eigenvalue weighted by Crippen LogP contribution is 2.55. The van der Waals surface area contributed by atoms with Crippen molar-refractivity contribution in [1.29, 1.82) is 0 Å². The molecule has 1 amide bonds. The average molecular weight is 457 g/mol. The minimum absolute atomic E-state index is 0. The van der Waals surface area contributed by atoms with Gasteiger partial charge in [-0.3, -0.25) is 4.79 Å². The predicted molar refractivity (Wildman–Crippen MR) is 124 cm³/mol. The molecule has 0 radical (unpaired) electrons. The average Bonchev–Trinajstić information content (AvgIpc) is 3.45. The Labute approximate surface area is 194 Å². The van der Waals surface area contributed by atoms with Gasteiger partial charge in [-0.25, -0.2) is 0 Å². The van der Waals surface area contributed by atoms with Crippen molar-refractivity contribution in [3.8, 4) is 17.2 Å². The van der Waals surface area contributed by atoms with Gasteiger partial charge in [-0.05, 0) is 63.4 Å². The maximum Gasteiger partial charge on any atom is 0.245 e. The van der Waals surface area contributed by atoms with Crippen molar-refractivity contribution >= 4 is 24.0 Å². The summed E-state index contributed by atoms with van der Waals surface area (Å²) in [6, 6.07) is 12.6. The molecule has 1 fully saturated rings.